The Kier molecular flexibility index (Phi) is 6.16. The Hall–Kier alpha value is -1.18. The van der Waals surface area contributed by atoms with Crippen molar-refractivity contribution in [3.05, 3.63) is 24.3 Å². The molecule has 4 nitrogen and oxygen atoms in total. The van der Waals surface area contributed by atoms with Crippen molar-refractivity contribution >= 4 is 23.4 Å². The van der Waals surface area contributed by atoms with Crippen molar-refractivity contribution < 1.29 is 23.2 Å². The number of thioether (sulfide) groups is 1. The summed E-state index contributed by atoms with van der Waals surface area (Å²) in [5.41, 5.74) is 0.623. The molecule has 1 unspecified atom stereocenters. The van der Waals surface area contributed by atoms with E-state index < -0.39 is 5.76 Å². The molecule has 0 saturated carbocycles. The predicted octanol–water partition coefficient (Wildman–Crippen LogP) is 1.63. The predicted molar refractivity (Wildman–Crippen MR) is 82.5 cm³/mol. The molecule has 0 bridgehead atoms. The lowest BCUT2D eigenvalue weighted by atomic mass is 10.2. The molecule has 1 amide bonds. The zero-order chi connectivity index (χ0) is 16.1. The second kappa shape index (κ2) is 7.89. The fraction of sp³-hybridized carbons (Fsp3) is 0.533. The minimum Gasteiger partial charge on any atom is -0.364 e. The summed E-state index contributed by atoms with van der Waals surface area (Å²) in [6.07, 6.45) is 0.300. The molecule has 2 rings (SSSR count). The van der Waals surface area contributed by atoms with Crippen LogP contribution in [0.15, 0.2) is 29.2 Å². The zero-order valence-electron chi connectivity index (χ0n) is 12.6. The lowest BCUT2D eigenvalue weighted by Crippen LogP contribution is -3.16. The molecule has 0 aliphatic carbocycles. The van der Waals surface area contributed by atoms with E-state index >= 15 is 0 Å². The Labute approximate surface area is 133 Å². The van der Waals surface area contributed by atoms with Crippen LogP contribution in [0.25, 0.3) is 0 Å². The van der Waals surface area contributed by atoms with Crippen molar-refractivity contribution in [2.24, 2.45) is 0 Å². The summed E-state index contributed by atoms with van der Waals surface area (Å²) in [7, 11) is 0. The zero-order valence-corrected chi connectivity index (χ0v) is 13.5. The van der Waals surface area contributed by atoms with E-state index in [1.54, 1.807) is 24.3 Å². The normalized spacial score (nSPS) is 25.2. The molecule has 1 aliphatic rings. The molecule has 1 aliphatic heterocycles. The Morgan fingerprint density at radius 2 is 1.91 bits per heavy atom. The first-order valence-electron chi connectivity index (χ1n) is 7.26. The number of amides is 1. The highest BCUT2D eigenvalue weighted by Gasteiger charge is 2.27. The molecule has 1 fully saturated rings. The van der Waals surface area contributed by atoms with E-state index in [0.717, 1.165) is 13.1 Å². The van der Waals surface area contributed by atoms with Crippen LogP contribution in [0, 0.1) is 0 Å². The van der Waals surface area contributed by atoms with E-state index in [1.165, 1.54) is 4.90 Å². The molecule has 1 saturated heterocycles. The molecule has 0 spiro atoms. The Morgan fingerprint density at radius 3 is 2.45 bits per heavy atom. The van der Waals surface area contributed by atoms with Crippen molar-refractivity contribution in [2.75, 3.05) is 25.0 Å². The van der Waals surface area contributed by atoms with Crippen molar-refractivity contribution in [3.8, 4) is 0 Å². The number of benzene rings is 1. The Balaban J connectivity index is 1.84. The van der Waals surface area contributed by atoms with Crippen LogP contribution in [0.3, 0.4) is 0 Å². The van der Waals surface area contributed by atoms with Crippen LogP contribution in [0.5, 0.6) is 0 Å². The van der Waals surface area contributed by atoms with E-state index in [1.807, 2.05) is 13.8 Å². The van der Waals surface area contributed by atoms with Gasteiger partial charge in [-0.25, -0.2) is 0 Å². The van der Waals surface area contributed by atoms with E-state index in [2.05, 4.69) is 5.32 Å². The van der Waals surface area contributed by atoms with Crippen LogP contribution in [-0.2, 0) is 9.53 Å². The van der Waals surface area contributed by atoms with Gasteiger partial charge >= 0.3 is 0 Å². The maximum Gasteiger partial charge on any atom is 0.288 e. The van der Waals surface area contributed by atoms with E-state index in [9.17, 15) is 13.6 Å². The number of morpholine rings is 1. The molecule has 1 aromatic carbocycles. The molecule has 1 heterocycles. The van der Waals surface area contributed by atoms with Gasteiger partial charge in [-0.05, 0) is 38.1 Å². The van der Waals surface area contributed by atoms with Gasteiger partial charge in [0.05, 0.1) is 0 Å². The number of carbonyl (C=O) groups is 1. The van der Waals surface area contributed by atoms with Crippen LogP contribution in [0.4, 0.5) is 14.5 Å². The molecule has 1 aromatic rings. The van der Waals surface area contributed by atoms with E-state index in [-0.39, 0.29) is 18.1 Å². The topological polar surface area (TPSA) is 42.8 Å². The Bertz CT molecular complexity index is 489. The van der Waals surface area contributed by atoms with Gasteiger partial charge in [-0.2, -0.15) is 8.78 Å². The number of rotatable bonds is 5. The fourth-order valence-corrected chi connectivity index (χ4v) is 3.18. The van der Waals surface area contributed by atoms with Gasteiger partial charge in [0, 0.05) is 10.6 Å². The van der Waals surface area contributed by atoms with Gasteiger partial charge in [0.15, 0.2) is 6.54 Å². The lowest BCUT2D eigenvalue weighted by molar-refractivity contribution is -0.907. The van der Waals surface area contributed by atoms with E-state index in [4.69, 9.17) is 4.74 Å². The first-order chi connectivity index (χ1) is 10.4. The number of quaternary nitrogens is 1. The van der Waals surface area contributed by atoms with Crippen molar-refractivity contribution in [1.82, 2.24) is 0 Å². The average molecular weight is 331 g/mol. The fourth-order valence-electron chi connectivity index (χ4n) is 2.69. The third-order valence-corrected chi connectivity index (χ3v) is 4.11. The summed E-state index contributed by atoms with van der Waals surface area (Å²) >= 11 is 0.491. The van der Waals surface area contributed by atoms with Gasteiger partial charge in [-0.1, -0.05) is 11.8 Å². The maximum absolute atomic E-state index is 12.2. The summed E-state index contributed by atoms with van der Waals surface area (Å²) < 4.78 is 30.1. The standard InChI is InChI=1S/C15H20F2N2O2S/c1-10-7-19(8-11(2)21-10)9-14(20)18-12-3-5-13(6-4-12)22-15(16)17/h3-6,10-11,15H,7-9H2,1-2H3,(H,18,20)/p+1/t10-,11+. The third-order valence-electron chi connectivity index (χ3n) is 3.39. The van der Waals surface area contributed by atoms with Gasteiger partial charge < -0.3 is 15.0 Å². The summed E-state index contributed by atoms with van der Waals surface area (Å²) in [6, 6.07) is 6.45. The highest BCUT2D eigenvalue weighted by molar-refractivity contribution is 7.99. The molecule has 0 radical (unpaired) electrons. The molecular weight excluding hydrogens is 310 g/mol. The molecule has 3 atom stereocenters. The van der Waals surface area contributed by atoms with Crippen LogP contribution in [0.1, 0.15) is 13.8 Å². The third kappa shape index (κ3) is 5.55. The summed E-state index contributed by atoms with van der Waals surface area (Å²) in [6.45, 7) is 6.01. The number of hydrogen-bond donors (Lipinski definition) is 2. The molecular formula is C15H21F2N2O2S+. The maximum atomic E-state index is 12.2. The lowest BCUT2D eigenvalue weighted by Gasteiger charge is -2.31. The van der Waals surface area contributed by atoms with Crippen LogP contribution in [0.2, 0.25) is 0 Å². The number of anilines is 1. The van der Waals surface area contributed by atoms with Crippen LogP contribution >= 0.6 is 11.8 Å². The van der Waals surface area contributed by atoms with Crippen molar-refractivity contribution in [2.45, 2.75) is 36.7 Å². The largest absolute Gasteiger partial charge is 0.364 e. The smallest absolute Gasteiger partial charge is 0.288 e. The first kappa shape index (κ1) is 17.2. The summed E-state index contributed by atoms with van der Waals surface area (Å²) in [5, 5.41) is 2.80. The average Bonchev–Trinajstić information content (AvgIpc) is 2.39. The SMILES string of the molecule is C[C@@H]1C[NH+](CC(=O)Nc2ccc(SC(F)F)cc2)C[C@H](C)O1. The van der Waals surface area contributed by atoms with Crippen molar-refractivity contribution in [1.29, 1.82) is 0 Å². The number of halogens is 2. The second-order valence-electron chi connectivity index (χ2n) is 5.54. The highest BCUT2D eigenvalue weighted by Crippen LogP contribution is 2.26. The number of carbonyl (C=O) groups excluding carboxylic acids is 1. The monoisotopic (exact) mass is 331 g/mol. The van der Waals surface area contributed by atoms with Gasteiger partial charge in [-0.15, -0.1) is 0 Å². The molecule has 122 valence electrons. The quantitative estimate of drug-likeness (QED) is 0.806. The highest BCUT2D eigenvalue weighted by atomic mass is 32.2. The number of alkyl halides is 2. The summed E-state index contributed by atoms with van der Waals surface area (Å²) in [4.78, 5) is 13.7. The number of nitrogens with one attached hydrogen (secondary N) is 2. The minimum atomic E-state index is -2.44. The minimum absolute atomic E-state index is 0.0782. The number of ether oxygens (including phenoxy) is 1. The summed E-state index contributed by atoms with van der Waals surface area (Å²) in [5.74, 6) is -2.51. The van der Waals surface area contributed by atoms with Gasteiger partial charge in [0.2, 0.25) is 0 Å². The Morgan fingerprint density at radius 1 is 1.32 bits per heavy atom. The van der Waals surface area contributed by atoms with Crippen molar-refractivity contribution in [3.63, 3.8) is 0 Å². The molecule has 2 N–H and O–H groups in total. The molecule has 7 heteroatoms. The van der Waals surface area contributed by atoms with Crippen LogP contribution in [-0.4, -0.2) is 43.5 Å². The van der Waals surface area contributed by atoms with Gasteiger partial charge in [0.1, 0.15) is 25.3 Å². The van der Waals surface area contributed by atoms with E-state index in [0.29, 0.717) is 28.9 Å². The van der Waals surface area contributed by atoms with Gasteiger partial charge in [0.25, 0.3) is 11.7 Å². The molecule has 22 heavy (non-hydrogen) atoms. The molecule has 0 aromatic heterocycles. The van der Waals surface area contributed by atoms with Gasteiger partial charge in [-0.3, -0.25) is 4.79 Å². The van der Waals surface area contributed by atoms with Crippen LogP contribution < -0.4 is 10.2 Å². The first-order valence-corrected chi connectivity index (χ1v) is 8.14. The second-order valence-corrected chi connectivity index (χ2v) is 6.61. The number of hydrogen-bond acceptors (Lipinski definition) is 3.